The predicted octanol–water partition coefficient (Wildman–Crippen LogP) is 5.84. The van der Waals surface area contributed by atoms with E-state index in [0.29, 0.717) is 5.69 Å². The van der Waals surface area contributed by atoms with Crippen LogP contribution in [0.25, 0.3) is 0 Å². The number of rotatable bonds is 5. The number of nitrogens with one attached hydrogen (secondary N) is 2. The summed E-state index contributed by atoms with van der Waals surface area (Å²) in [5.74, 6) is -1.09. The van der Waals surface area contributed by atoms with Crippen LogP contribution >= 0.6 is 34.8 Å². The lowest BCUT2D eigenvalue weighted by Gasteiger charge is -2.14. The van der Waals surface area contributed by atoms with Crippen LogP contribution in [0.4, 0.5) is 15.8 Å². The van der Waals surface area contributed by atoms with Crippen molar-refractivity contribution in [3.63, 3.8) is 0 Å². The average Bonchev–Trinajstić information content (AvgIpc) is 2.67. The van der Waals surface area contributed by atoms with Crippen molar-refractivity contribution < 1.29 is 17.6 Å². The molecule has 0 saturated heterocycles. The molecule has 0 fully saturated rings. The minimum atomic E-state index is -4.07. The van der Waals surface area contributed by atoms with Gasteiger partial charge in [0.2, 0.25) is 0 Å². The summed E-state index contributed by atoms with van der Waals surface area (Å²) < 4.78 is 40.8. The summed E-state index contributed by atoms with van der Waals surface area (Å²) in [5.41, 5.74) is 0.306. The number of halogens is 4. The number of benzene rings is 3. The molecule has 0 saturated carbocycles. The standard InChI is InChI=1S/C19H12Cl3FN2O3S/c20-11-1-8-18(25-29(27,28)14-6-7-16(21)17(22)10-14)15(9-11)19(26)24-13-4-2-12(23)3-5-13/h1-10,25H,(H,24,26). The molecule has 0 heterocycles. The zero-order valence-corrected chi connectivity index (χ0v) is 17.5. The van der Waals surface area contributed by atoms with Gasteiger partial charge in [-0.25, -0.2) is 12.8 Å². The van der Waals surface area contributed by atoms with Gasteiger partial charge < -0.3 is 5.32 Å². The lowest BCUT2D eigenvalue weighted by Crippen LogP contribution is -2.18. The normalized spacial score (nSPS) is 11.2. The summed E-state index contributed by atoms with van der Waals surface area (Å²) in [6.45, 7) is 0. The summed E-state index contributed by atoms with van der Waals surface area (Å²) in [6.07, 6.45) is 0. The van der Waals surface area contributed by atoms with Crippen molar-refractivity contribution in [1.29, 1.82) is 0 Å². The van der Waals surface area contributed by atoms with E-state index in [1.165, 1.54) is 60.7 Å². The summed E-state index contributed by atoms with van der Waals surface area (Å²) in [5, 5.41) is 3.06. The third kappa shape index (κ3) is 5.19. The predicted molar refractivity (Wildman–Crippen MR) is 113 cm³/mol. The number of sulfonamides is 1. The van der Waals surface area contributed by atoms with Gasteiger partial charge in [-0.3, -0.25) is 9.52 Å². The first-order chi connectivity index (χ1) is 13.7. The first-order valence-corrected chi connectivity index (χ1v) is 10.6. The van der Waals surface area contributed by atoms with Crippen molar-refractivity contribution in [1.82, 2.24) is 0 Å². The van der Waals surface area contributed by atoms with Crippen molar-refractivity contribution in [3.8, 4) is 0 Å². The Labute approximate surface area is 181 Å². The second kappa shape index (κ2) is 8.59. The minimum absolute atomic E-state index is 0.0000779. The quantitative estimate of drug-likeness (QED) is 0.489. The zero-order chi connectivity index (χ0) is 21.2. The van der Waals surface area contributed by atoms with E-state index in [9.17, 15) is 17.6 Å². The van der Waals surface area contributed by atoms with Crippen LogP contribution in [0.5, 0.6) is 0 Å². The van der Waals surface area contributed by atoms with Crippen molar-refractivity contribution >= 4 is 62.1 Å². The molecule has 2 N–H and O–H groups in total. The Morgan fingerprint density at radius 1 is 0.862 bits per heavy atom. The Morgan fingerprint density at radius 2 is 1.55 bits per heavy atom. The third-order valence-corrected chi connectivity index (χ3v) is 6.11. The first-order valence-electron chi connectivity index (χ1n) is 8.00. The molecule has 29 heavy (non-hydrogen) atoms. The molecule has 3 aromatic rings. The average molecular weight is 474 g/mol. The lowest BCUT2D eigenvalue weighted by atomic mass is 10.1. The SMILES string of the molecule is O=C(Nc1ccc(F)cc1)c1cc(Cl)ccc1NS(=O)(=O)c1ccc(Cl)c(Cl)c1. The largest absolute Gasteiger partial charge is 0.322 e. The number of hydrogen-bond acceptors (Lipinski definition) is 3. The molecule has 1 amide bonds. The molecule has 3 aromatic carbocycles. The fourth-order valence-electron chi connectivity index (χ4n) is 2.37. The molecular formula is C19H12Cl3FN2O3S. The highest BCUT2D eigenvalue weighted by Gasteiger charge is 2.20. The maximum atomic E-state index is 13.0. The van der Waals surface area contributed by atoms with Gasteiger partial charge in [0.25, 0.3) is 15.9 Å². The van der Waals surface area contributed by atoms with Gasteiger partial charge in [-0.1, -0.05) is 34.8 Å². The Kier molecular flexibility index (Phi) is 6.33. The molecule has 5 nitrogen and oxygen atoms in total. The molecule has 0 aliphatic rings. The topological polar surface area (TPSA) is 75.3 Å². The molecule has 0 aromatic heterocycles. The van der Waals surface area contributed by atoms with Crippen LogP contribution in [-0.2, 0) is 10.0 Å². The summed E-state index contributed by atoms with van der Waals surface area (Å²) >= 11 is 17.7. The van der Waals surface area contributed by atoms with Gasteiger partial charge in [0, 0.05) is 10.7 Å². The Bertz CT molecular complexity index is 1190. The summed E-state index contributed by atoms with van der Waals surface area (Å²) in [4.78, 5) is 12.5. The zero-order valence-electron chi connectivity index (χ0n) is 14.4. The van der Waals surface area contributed by atoms with E-state index in [1.807, 2.05) is 0 Å². The number of carbonyl (C=O) groups excluding carboxylic acids is 1. The van der Waals surface area contributed by atoms with Gasteiger partial charge in [-0.2, -0.15) is 0 Å². The van der Waals surface area contributed by atoms with Crippen LogP contribution in [0.2, 0.25) is 15.1 Å². The van der Waals surface area contributed by atoms with E-state index in [2.05, 4.69) is 10.0 Å². The maximum absolute atomic E-state index is 13.0. The van der Waals surface area contributed by atoms with Crippen molar-refractivity contribution in [2.75, 3.05) is 10.0 Å². The molecule has 0 atom stereocenters. The summed E-state index contributed by atoms with van der Waals surface area (Å²) in [7, 11) is -4.07. The van der Waals surface area contributed by atoms with Crippen LogP contribution in [-0.4, -0.2) is 14.3 Å². The van der Waals surface area contributed by atoms with Crippen molar-refractivity contribution in [2.24, 2.45) is 0 Å². The monoisotopic (exact) mass is 472 g/mol. The van der Waals surface area contributed by atoms with E-state index < -0.39 is 21.7 Å². The van der Waals surface area contributed by atoms with Gasteiger partial charge in [0.1, 0.15) is 5.82 Å². The van der Waals surface area contributed by atoms with E-state index in [4.69, 9.17) is 34.8 Å². The minimum Gasteiger partial charge on any atom is -0.322 e. The molecule has 0 bridgehead atoms. The van der Waals surface area contributed by atoms with Crippen LogP contribution in [0, 0.1) is 5.82 Å². The fraction of sp³-hybridized carbons (Fsp3) is 0. The molecule has 0 radical (unpaired) electrons. The van der Waals surface area contributed by atoms with Gasteiger partial charge in [-0.15, -0.1) is 0 Å². The lowest BCUT2D eigenvalue weighted by molar-refractivity contribution is 0.102. The molecule has 0 aliphatic heterocycles. The molecule has 0 aliphatic carbocycles. The highest BCUT2D eigenvalue weighted by Crippen LogP contribution is 2.28. The number of anilines is 2. The van der Waals surface area contributed by atoms with Crippen molar-refractivity contribution in [2.45, 2.75) is 4.90 Å². The number of carbonyl (C=O) groups is 1. The molecule has 10 heteroatoms. The third-order valence-electron chi connectivity index (χ3n) is 3.77. The maximum Gasteiger partial charge on any atom is 0.261 e. The summed E-state index contributed by atoms with van der Waals surface area (Å²) in [6, 6.07) is 13.0. The van der Waals surface area contributed by atoms with Crippen LogP contribution in [0.1, 0.15) is 10.4 Å². The Balaban J connectivity index is 1.92. The number of hydrogen-bond donors (Lipinski definition) is 2. The van der Waals surface area contributed by atoms with Crippen LogP contribution in [0.15, 0.2) is 65.6 Å². The van der Waals surface area contributed by atoms with Gasteiger partial charge >= 0.3 is 0 Å². The van der Waals surface area contributed by atoms with Gasteiger partial charge in [0.15, 0.2) is 0 Å². The van der Waals surface area contributed by atoms with Gasteiger partial charge in [-0.05, 0) is 60.7 Å². The Hall–Kier alpha value is -2.32. The van der Waals surface area contributed by atoms with Crippen molar-refractivity contribution in [3.05, 3.63) is 87.1 Å². The van der Waals surface area contributed by atoms with E-state index >= 15 is 0 Å². The molecular weight excluding hydrogens is 462 g/mol. The highest BCUT2D eigenvalue weighted by molar-refractivity contribution is 7.92. The molecule has 0 unspecified atom stereocenters. The van der Waals surface area contributed by atoms with E-state index in [1.54, 1.807) is 0 Å². The second-order valence-corrected chi connectivity index (χ2v) is 8.77. The molecule has 3 rings (SSSR count). The van der Waals surface area contributed by atoms with Gasteiger partial charge in [0.05, 0.1) is 26.2 Å². The first kappa shape index (κ1) is 21.4. The van der Waals surface area contributed by atoms with Crippen LogP contribution in [0.3, 0.4) is 0 Å². The molecule has 150 valence electrons. The molecule has 0 spiro atoms. The van der Waals surface area contributed by atoms with E-state index in [-0.39, 0.29) is 31.2 Å². The number of amides is 1. The Morgan fingerprint density at radius 3 is 2.21 bits per heavy atom. The van der Waals surface area contributed by atoms with Crippen LogP contribution < -0.4 is 10.0 Å². The smallest absolute Gasteiger partial charge is 0.261 e. The second-order valence-electron chi connectivity index (χ2n) is 5.83. The highest BCUT2D eigenvalue weighted by atomic mass is 35.5. The fourth-order valence-corrected chi connectivity index (χ4v) is 4.01. The van der Waals surface area contributed by atoms with E-state index in [0.717, 1.165) is 0 Å².